The second-order valence-electron chi connectivity index (χ2n) is 4.82. The number of nitrogens with zero attached hydrogens (tertiary/aromatic N) is 2. The van der Waals surface area contributed by atoms with Gasteiger partial charge in [-0.25, -0.2) is 4.98 Å². The van der Waals surface area contributed by atoms with Gasteiger partial charge in [0.1, 0.15) is 11.3 Å². The van der Waals surface area contributed by atoms with Crippen LogP contribution < -0.4 is 10.5 Å². The Bertz CT molecular complexity index is 781. The SMILES string of the molecule is CC(NS(=O)(=O)N(C)C)c1nc2c(C(N)=O)cccc2[nH]1. The molecule has 1 amide bonds. The van der Waals surface area contributed by atoms with E-state index in [1.54, 1.807) is 25.1 Å². The summed E-state index contributed by atoms with van der Waals surface area (Å²) in [6.45, 7) is 1.66. The number of carbonyl (C=O) groups excluding carboxylic acids is 1. The van der Waals surface area contributed by atoms with Crippen LogP contribution in [0.15, 0.2) is 18.2 Å². The second kappa shape index (κ2) is 5.43. The fourth-order valence-corrected chi connectivity index (χ4v) is 2.61. The first-order chi connectivity index (χ1) is 9.72. The number of aromatic amines is 1. The van der Waals surface area contributed by atoms with Crippen LogP contribution in [0, 0.1) is 0 Å². The first-order valence-electron chi connectivity index (χ1n) is 6.20. The molecule has 1 aromatic carbocycles. The topological polar surface area (TPSA) is 121 Å². The Morgan fingerprint density at radius 2 is 2.10 bits per heavy atom. The maximum absolute atomic E-state index is 11.8. The zero-order valence-corrected chi connectivity index (χ0v) is 12.7. The average Bonchev–Trinajstić information content (AvgIpc) is 2.81. The van der Waals surface area contributed by atoms with E-state index < -0.39 is 22.2 Å². The van der Waals surface area contributed by atoms with Crippen LogP contribution in [0.5, 0.6) is 0 Å². The van der Waals surface area contributed by atoms with Crippen molar-refractivity contribution in [3.05, 3.63) is 29.6 Å². The summed E-state index contributed by atoms with van der Waals surface area (Å²) in [6.07, 6.45) is 0. The number of hydrogen-bond donors (Lipinski definition) is 3. The molecule has 0 spiro atoms. The van der Waals surface area contributed by atoms with Crippen LogP contribution in [-0.2, 0) is 10.2 Å². The third kappa shape index (κ3) is 3.04. The summed E-state index contributed by atoms with van der Waals surface area (Å²) >= 11 is 0. The predicted octanol–water partition coefficient (Wildman–Crippen LogP) is 0.119. The Morgan fingerprint density at radius 1 is 1.43 bits per heavy atom. The zero-order chi connectivity index (χ0) is 15.8. The molecule has 0 aliphatic carbocycles. The summed E-state index contributed by atoms with van der Waals surface area (Å²) < 4.78 is 27.1. The molecule has 1 heterocycles. The third-order valence-electron chi connectivity index (χ3n) is 3.01. The van der Waals surface area contributed by atoms with Crippen molar-refractivity contribution in [2.75, 3.05) is 14.1 Å². The van der Waals surface area contributed by atoms with Gasteiger partial charge in [-0.1, -0.05) is 6.07 Å². The van der Waals surface area contributed by atoms with Crippen LogP contribution in [0.25, 0.3) is 11.0 Å². The molecule has 0 saturated carbocycles. The van der Waals surface area contributed by atoms with Gasteiger partial charge in [-0.3, -0.25) is 4.79 Å². The maximum Gasteiger partial charge on any atom is 0.279 e. The highest BCUT2D eigenvalue weighted by Gasteiger charge is 2.21. The molecule has 0 saturated heterocycles. The van der Waals surface area contributed by atoms with Crippen LogP contribution >= 0.6 is 0 Å². The number of nitrogens with one attached hydrogen (secondary N) is 2. The molecule has 0 fully saturated rings. The fraction of sp³-hybridized carbons (Fsp3) is 0.333. The Labute approximate surface area is 122 Å². The highest BCUT2D eigenvalue weighted by Crippen LogP contribution is 2.19. The monoisotopic (exact) mass is 311 g/mol. The summed E-state index contributed by atoms with van der Waals surface area (Å²) in [5, 5.41) is 0. The van der Waals surface area contributed by atoms with Crippen LogP contribution in [0.2, 0.25) is 0 Å². The van der Waals surface area contributed by atoms with Gasteiger partial charge in [0.2, 0.25) is 0 Å². The van der Waals surface area contributed by atoms with E-state index in [0.717, 1.165) is 4.31 Å². The van der Waals surface area contributed by atoms with Crippen molar-refractivity contribution in [2.24, 2.45) is 5.73 Å². The number of nitrogens with two attached hydrogens (primary N) is 1. The number of carbonyl (C=O) groups is 1. The van der Waals surface area contributed by atoms with Crippen molar-refractivity contribution >= 4 is 27.1 Å². The van der Waals surface area contributed by atoms with E-state index in [-0.39, 0.29) is 5.56 Å². The second-order valence-corrected chi connectivity index (χ2v) is 6.73. The van der Waals surface area contributed by atoms with Crippen LogP contribution in [-0.4, -0.2) is 42.7 Å². The smallest absolute Gasteiger partial charge is 0.279 e. The first-order valence-corrected chi connectivity index (χ1v) is 7.64. The summed E-state index contributed by atoms with van der Waals surface area (Å²) in [7, 11) is -0.719. The Morgan fingerprint density at radius 3 is 2.67 bits per heavy atom. The van der Waals surface area contributed by atoms with Crippen molar-refractivity contribution < 1.29 is 13.2 Å². The first kappa shape index (κ1) is 15.4. The number of rotatable bonds is 5. The lowest BCUT2D eigenvalue weighted by Crippen LogP contribution is -2.37. The summed E-state index contributed by atoms with van der Waals surface area (Å²) in [5.74, 6) is -0.177. The van der Waals surface area contributed by atoms with E-state index in [1.807, 2.05) is 0 Å². The number of hydrogen-bond acceptors (Lipinski definition) is 4. The molecule has 9 heteroatoms. The molecule has 0 radical (unpaired) electrons. The van der Waals surface area contributed by atoms with Crippen molar-refractivity contribution in [3.8, 4) is 0 Å². The van der Waals surface area contributed by atoms with Crippen molar-refractivity contribution in [3.63, 3.8) is 0 Å². The molecule has 114 valence electrons. The van der Waals surface area contributed by atoms with E-state index in [1.165, 1.54) is 14.1 Å². The molecule has 8 nitrogen and oxygen atoms in total. The lowest BCUT2D eigenvalue weighted by molar-refractivity contribution is 0.100. The number of primary amides is 1. The molecule has 0 aliphatic heterocycles. The van der Waals surface area contributed by atoms with Crippen molar-refractivity contribution in [1.82, 2.24) is 19.0 Å². The molecular formula is C12H17N5O3S. The van der Waals surface area contributed by atoms with E-state index in [2.05, 4.69) is 14.7 Å². The Hall–Kier alpha value is -1.97. The van der Waals surface area contributed by atoms with Gasteiger partial charge < -0.3 is 10.7 Å². The van der Waals surface area contributed by atoms with E-state index >= 15 is 0 Å². The summed E-state index contributed by atoms with van der Waals surface area (Å²) in [4.78, 5) is 18.6. The minimum absolute atomic E-state index is 0.290. The fourth-order valence-electron chi connectivity index (χ4n) is 1.84. The molecule has 2 rings (SSSR count). The Kier molecular flexibility index (Phi) is 3.99. The van der Waals surface area contributed by atoms with Gasteiger partial charge in [-0.2, -0.15) is 17.4 Å². The highest BCUT2D eigenvalue weighted by molar-refractivity contribution is 7.87. The molecule has 1 unspecified atom stereocenters. The lowest BCUT2D eigenvalue weighted by Gasteiger charge is -2.16. The predicted molar refractivity (Wildman–Crippen MR) is 78.8 cm³/mol. The van der Waals surface area contributed by atoms with Crippen molar-refractivity contribution in [2.45, 2.75) is 13.0 Å². The van der Waals surface area contributed by atoms with E-state index in [4.69, 9.17) is 5.73 Å². The van der Waals surface area contributed by atoms with Gasteiger partial charge in [0.15, 0.2) is 0 Å². The molecule has 1 atom stereocenters. The van der Waals surface area contributed by atoms with Gasteiger partial charge in [0, 0.05) is 14.1 Å². The number of fused-ring (bicyclic) bond motifs is 1. The molecule has 2 aromatic rings. The lowest BCUT2D eigenvalue weighted by atomic mass is 10.2. The van der Waals surface area contributed by atoms with E-state index in [9.17, 15) is 13.2 Å². The number of para-hydroxylation sites is 1. The van der Waals surface area contributed by atoms with Gasteiger partial charge in [-0.05, 0) is 19.1 Å². The summed E-state index contributed by atoms with van der Waals surface area (Å²) in [5.41, 5.74) is 6.63. The molecule has 4 N–H and O–H groups in total. The number of aromatic nitrogens is 2. The quantitative estimate of drug-likeness (QED) is 0.726. The summed E-state index contributed by atoms with van der Waals surface area (Å²) in [6, 6.07) is 4.42. The minimum atomic E-state index is -3.58. The molecular weight excluding hydrogens is 294 g/mol. The number of amides is 1. The van der Waals surface area contributed by atoms with Crippen molar-refractivity contribution in [1.29, 1.82) is 0 Å². The maximum atomic E-state index is 11.8. The Balaban J connectivity index is 2.40. The van der Waals surface area contributed by atoms with Crippen LogP contribution in [0.1, 0.15) is 29.1 Å². The molecule has 1 aromatic heterocycles. The van der Waals surface area contributed by atoms with Gasteiger partial charge in [0.05, 0.1) is 17.1 Å². The number of benzene rings is 1. The molecule has 21 heavy (non-hydrogen) atoms. The normalized spacial score (nSPS) is 13.7. The standard InChI is InChI=1S/C12H17N5O3S/c1-7(16-21(19,20)17(2)3)12-14-9-6-4-5-8(11(13)18)10(9)15-12/h4-7,16H,1-3H3,(H2,13,18)(H,14,15). The number of H-pyrrole nitrogens is 1. The van der Waals surface area contributed by atoms with E-state index in [0.29, 0.717) is 16.9 Å². The zero-order valence-electron chi connectivity index (χ0n) is 11.9. The largest absolute Gasteiger partial charge is 0.366 e. The van der Waals surface area contributed by atoms with Crippen LogP contribution in [0.3, 0.4) is 0 Å². The van der Waals surface area contributed by atoms with Gasteiger partial charge in [0.25, 0.3) is 16.1 Å². The van der Waals surface area contributed by atoms with Crippen LogP contribution in [0.4, 0.5) is 0 Å². The van der Waals surface area contributed by atoms with Gasteiger partial charge in [-0.15, -0.1) is 0 Å². The number of imidazole rings is 1. The third-order valence-corrected chi connectivity index (χ3v) is 4.63. The highest BCUT2D eigenvalue weighted by atomic mass is 32.2. The minimum Gasteiger partial charge on any atom is -0.366 e. The molecule has 0 bridgehead atoms. The molecule has 0 aliphatic rings. The average molecular weight is 311 g/mol. The van der Waals surface area contributed by atoms with Gasteiger partial charge >= 0.3 is 0 Å².